The lowest BCUT2D eigenvalue weighted by molar-refractivity contribution is -0.121. The zero-order valence-electron chi connectivity index (χ0n) is 14.9. The summed E-state index contributed by atoms with van der Waals surface area (Å²) < 4.78 is 81.4. The molecular weight excluding hydrogens is 452 g/mol. The molecule has 0 fully saturated rings. The van der Waals surface area contributed by atoms with E-state index in [0.29, 0.717) is 28.5 Å². The Bertz CT molecular complexity index is 1190. The number of aryl methyl sites for hydroxylation is 1. The summed E-state index contributed by atoms with van der Waals surface area (Å²) in [6.07, 6.45) is -3.34. The predicted molar refractivity (Wildman–Crippen MR) is 97.9 cm³/mol. The van der Waals surface area contributed by atoms with Crippen LogP contribution in [0.5, 0.6) is 0 Å². The van der Waals surface area contributed by atoms with Crippen molar-refractivity contribution in [3.8, 4) is 10.6 Å². The van der Waals surface area contributed by atoms with Crippen LogP contribution in [0.1, 0.15) is 16.1 Å². The Morgan fingerprint density at radius 3 is 2.60 bits per heavy atom. The van der Waals surface area contributed by atoms with Crippen molar-refractivity contribution in [3.63, 3.8) is 0 Å². The lowest BCUT2D eigenvalue weighted by Crippen LogP contribution is -2.33. The van der Waals surface area contributed by atoms with Gasteiger partial charge >= 0.3 is 6.18 Å². The van der Waals surface area contributed by atoms with Gasteiger partial charge in [-0.2, -0.15) is 13.2 Å². The number of alkyl halides is 3. The van der Waals surface area contributed by atoms with Gasteiger partial charge < -0.3 is 4.42 Å². The molecule has 0 saturated heterocycles. The van der Waals surface area contributed by atoms with Crippen LogP contribution >= 0.6 is 11.3 Å². The number of hydrogen-bond donors (Lipinski definition) is 2. The summed E-state index contributed by atoms with van der Waals surface area (Å²) in [6, 6.07) is 3.68. The number of rotatable bonds is 6. The number of aromatic nitrogens is 2. The van der Waals surface area contributed by atoms with Gasteiger partial charge in [-0.1, -0.05) is 11.3 Å². The first-order valence-electron chi connectivity index (χ1n) is 8.01. The van der Waals surface area contributed by atoms with Crippen molar-refractivity contribution in [3.05, 3.63) is 47.7 Å². The molecule has 0 saturated carbocycles. The van der Waals surface area contributed by atoms with Crippen molar-refractivity contribution in [2.75, 3.05) is 11.9 Å². The molecule has 0 aliphatic rings. The fourth-order valence-corrected chi connectivity index (χ4v) is 4.11. The van der Waals surface area contributed by atoms with E-state index in [1.165, 1.54) is 11.0 Å². The first-order chi connectivity index (χ1) is 14.0. The first-order valence-corrected chi connectivity index (χ1v) is 10.3. The highest BCUT2D eigenvalue weighted by Crippen LogP contribution is 2.30. The van der Waals surface area contributed by atoms with Crippen molar-refractivity contribution in [2.45, 2.75) is 18.0 Å². The van der Waals surface area contributed by atoms with E-state index in [4.69, 9.17) is 4.42 Å². The lowest BCUT2D eigenvalue weighted by atomic mass is 10.2. The fourth-order valence-electron chi connectivity index (χ4n) is 2.26. The molecule has 0 unspecified atom stereocenters. The van der Waals surface area contributed by atoms with Gasteiger partial charge in [0.25, 0.3) is 5.91 Å². The molecule has 0 aliphatic heterocycles. The molecule has 2 N–H and O–H groups in total. The van der Waals surface area contributed by atoms with Crippen molar-refractivity contribution < 1.29 is 35.2 Å². The number of nitrogens with zero attached hydrogens (tertiary/aromatic N) is 2. The van der Waals surface area contributed by atoms with Crippen LogP contribution in [0.3, 0.4) is 0 Å². The van der Waals surface area contributed by atoms with Gasteiger partial charge in [0.1, 0.15) is 18.1 Å². The Morgan fingerprint density at radius 2 is 1.97 bits per heavy atom. The Hall–Kier alpha value is -2.84. The van der Waals surface area contributed by atoms with E-state index >= 15 is 0 Å². The van der Waals surface area contributed by atoms with Crippen molar-refractivity contribution in [1.29, 1.82) is 0 Å². The Labute approximate surface area is 171 Å². The molecule has 0 spiro atoms. The van der Waals surface area contributed by atoms with E-state index in [9.17, 15) is 30.8 Å². The molecule has 0 atom stereocenters. The Kier molecular flexibility index (Phi) is 5.92. The molecular formula is C16H12F4N4O4S2. The highest BCUT2D eigenvalue weighted by Gasteiger charge is 2.30. The molecule has 14 heteroatoms. The second kappa shape index (κ2) is 8.12. The summed E-state index contributed by atoms with van der Waals surface area (Å²) in [5, 5.41) is 10.3. The molecule has 160 valence electrons. The summed E-state index contributed by atoms with van der Waals surface area (Å²) in [7, 11) is -4.62. The minimum Gasteiger partial charge on any atom is -0.469 e. The largest absolute Gasteiger partial charge is 0.469 e. The third-order valence-electron chi connectivity index (χ3n) is 3.69. The SMILES string of the molecule is Cc1occc1-c1nnc(NC(=O)c2cc(S(=O)(=O)NCC(F)(F)F)ccc2F)s1. The van der Waals surface area contributed by atoms with Crippen LogP contribution in [-0.4, -0.2) is 37.2 Å². The molecule has 0 radical (unpaired) electrons. The van der Waals surface area contributed by atoms with Crippen LogP contribution in [0, 0.1) is 12.7 Å². The highest BCUT2D eigenvalue weighted by molar-refractivity contribution is 7.89. The molecule has 2 aromatic heterocycles. The number of furan rings is 1. The van der Waals surface area contributed by atoms with Crippen molar-refractivity contribution >= 4 is 32.4 Å². The van der Waals surface area contributed by atoms with Gasteiger partial charge in [0.2, 0.25) is 15.2 Å². The van der Waals surface area contributed by atoms with Crippen LogP contribution in [0.25, 0.3) is 10.6 Å². The number of hydrogen-bond acceptors (Lipinski definition) is 7. The topological polar surface area (TPSA) is 114 Å². The summed E-state index contributed by atoms with van der Waals surface area (Å²) in [4.78, 5) is 11.7. The average molecular weight is 464 g/mol. The molecule has 30 heavy (non-hydrogen) atoms. The molecule has 1 aromatic carbocycles. The number of amides is 1. The van der Waals surface area contributed by atoms with Crippen LogP contribution in [0.15, 0.2) is 39.8 Å². The minimum atomic E-state index is -4.78. The number of carbonyl (C=O) groups is 1. The summed E-state index contributed by atoms with van der Waals surface area (Å²) in [6.45, 7) is -0.113. The molecule has 0 aliphatic carbocycles. The second-order valence-corrected chi connectivity index (χ2v) is 8.58. The minimum absolute atomic E-state index is 0.00143. The van der Waals surface area contributed by atoms with E-state index in [1.807, 2.05) is 0 Å². The molecule has 0 bridgehead atoms. The number of halogens is 4. The number of nitrogens with one attached hydrogen (secondary N) is 2. The predicted octanol–water partition coefficient (Wildman–Crippen LogP) is 3.34. The van der Waals surface area contributed by atoms with E-state index in [1.54, 1.807) is 13.0 Å². The number of sulfonamides is 1. The third-order valence-corrected chi connectivity index (χ3v) is 5.96. The van der Waals surface area contributed by atoms with Crippen LogP contribution < -0.4 is 10.0 Å². The quantitative estimate of drug-likeness (QED) is 0.541. The molecule has 3 rings (SSSR count). The monoisotopic (exact) mass is 464 g/mol. The lowest BCUT2D eigenvalue weighted by Gasteiger charge is -2.10. The molecule has 1 amide bonds. The van der Waals surface area contributed by atoms with Gasteiger partial charge in [0, 0.05) is 0 Å². The zero-order chi connectivity index (χ0) is 22.1. The second-order valence-electron chi connectivity index (χ2n) is 5.84. The van der Waals surface area contributed by atoms with E-state index in [-0.39, 0.29) is 5.13 Å². The van der Waals surface area contributed by atoms with Gasteiger partial charge in [-0.05, 0) is 31.2 Å². The van der Waals surface area contributed by atoms with Crippen molar-refractivity contribution in [1.82, 2.24) is 14.9 Å². The van der Waals surface area contributed by atoms with E-state index in [0.717, 1.165) is 17.4 Å². The van der Waals surface area contributed by atoms with Gasteiger partial charge in [-0.15, -0.1) is 10.2 Å². The summed E-state index contributed by atoms with van der Waals surface area (Å²) >= 11 is 0.962. The molecule has 3 aromatic rings. The number of carbonyl (C=O) groups excluding carboxylic acids is 1. The summed E-state index contributed by atoms with van der Waals surface area (Å²) in [5.74, 6) is -1.55. The third kappa shape index (κ3) is 5.01. The maximum Gasteiger partial charge on any atom is 0.402 e. The van der Waals surface area contributed by atoms with Gasteiger partial charge in [-0.25, -0.2) is 17.5 Å². The van der Waals surface area contributed by atoms with Gasteiger partial charge in [0.15, 0.2) is 5.01 Å². The maximum absolute atomic E-state index is 14.1. The van der Waals surface area contributed by atoms with Crippen LogP contribution in [0.4, 0.5) is 22.7 Å². The van der Waals surface area contributed by atoms with Crippen LogP contribution in [0.2, 0.25) is 0 Å². The summed E-state index contributed by atoms with van der Waals surface area (Å²) in [5.41, 5.74) is -0.0517. The van der Waals surface area contributed by atoms with E-state index < -0.39 is 44.9 Å². The molecule has 2 heterocycles. The fraction of sp³-hybridized carbons (Fsp3) is 0.188. The molecule has 8 nitrogen and oxygen atoms in total. The smallest absolute Gasteiger partial charge is 0.402 e. The number of benzene rings is 1. The first kappa shape index (κ1) is 21.9. The highest BCUT2D eigenvalue weighted by atomic mass is 32.2. The Morgan fingerprint density at radius 1 is 1.23 bits per heavy atom. The normalized spacial score (nSPS) is 12.2. The van der Waals surface area contributed by atoms with Crippen LogP contribution in [-0.2, 0) is 10.0 Å². The van der Waals surface area contributed by atoms with Gasteiger partial charge in [0.05, 0.1) is 22.3 Å². The maximum atomic E-state index is 14.1. The number of anilines is 1. The van der Waals surface area contributed by atoms with Crippen molar-refractivity contribution in [2.24, 2.45) is 0 Å². The average Bonchev–Trinajstić information content (AvgIpc) is 3.28. The van der Waals surface area contributed by atoms with E-state index in [2.05, 4.69) is 15.5 Å². The zero-order valence-corrected chi connectivity index (χ0v) is 16.6. The standard InChI is InChI=1S/C16H12F4N4O4S2/c1-8-10(4-5-28-8)14-23-24-15(29-14)22-13(25)11-6-9(2-3-12(11)17)30(26,27)21-7-16(18,19)20/h2-6,21H,7H2,1H3,(H,22,24,25). The van der Waals surface area contributed by atoms with Gasteiger partial charge in [-0.3, -0.25) is 10.1 Å². The Balaban J connectivity index is 1.81.